The van der Waals surface area contributed by atoms with E-state index in [0.29, 0.717) is 29.8 Å². The van der Waals surface area contributed by atoms with E-state index < -0.39 is 10.0 Å². The Bertz CT molecular complexity index is 574. The van der Waals surface area contributed by atoms with Gasteiger partial charge in [-0.05, 0) is 55.4 Å². The molecule has 0 spiro atoms. The molecule has 2 saturated carbocycles. The van der Waals surface area contributed by atoms with Gasteiger partial charge in [0.15, 0.2) is 0 Å². The van der Waals surface area contributed by atoms with Gasteiger partial charge in [-0.15, -0.1) is 22.9 Å². The molecule has 0 N–H and O–H groups in total. The fourth-order valence-electron chi connectivity index (χ4n) is 2.50. The molecule has 0 atom stereocenters. The van der Waals surface area contributed by atoms with Crippen LogP contribution in [-0.2, 0) is 15.9 Å². The molecule has 1 heterocycles. The number of nitrogens with zero attached hydrogens (tertiary/aromatic N) is 1. The van der Waals surface area contributed by atoms with Crippen LogP contribution in [0.25, 0.3) is 0 Å². The molecular formula is C14H20ClNO2S2. The number of sulfonamides is 1. The van der Waals surface area contributed by atoms with E-state index in [1.54, 1.807) is 4.31 Å². The van der Waals surface area contributed by atoms with E-state index in [4.69, 9.17) is 11.6 Å². The van der Waals surface area contributed by atoms with Crippen molar-refractivity contribution < 1.29 is 8.42 Å². The Labute approximate surface area is 130 Å². The van der Waals surface area contributed by atoms with Crippen molar-refractivity contribution in [2.24, 2.45) is 11.8 Å². The van der Waals surface area contributed by atoms with Crippen molar-refractivity contribution >= 4 is 33.0 Å². The lowest BCUT2D eigenvalue weighted by Crippen LogP contribution is -2.35. The highest BCUT2D eigenvalue weighted by Crippen LogP contribution is 2.38. The van der Waals surface area contributed by atoms with Gasteiger partial charge in [-0.2, -0.15) is 4.31 Å². The molecule has 0 radical (unpaired) electrons. The Hall–Kier alpha value is -0.100. The van der Waals surface area contributed by atoms with E-state index in [0.717, 1.165) is 10.4 Å². The van der Waals surface area contributed by atoms with Crippen molar-refractivity contribution in [2.75, 3.05) is 13.1 Å². The summed E-state index contributed by atoms with van der Waals surface area (Å²) in [7, 11) is -3.38. The van der Waals surface area contributed by atoms with Gasteiger partial charge in [0.05, 0.1) is 5.88 Å². The summed E-state index contributed by atoms with van der Waals surface area (Å²) in [5.41, 5.74) is 0.835. The van der Waals surface area contributed by atoms with Gasteiger partial charge in [0.25, 0.3) is 0 Å². The number of hydrogen-bond acceptors (Lipinski definition) is 3. The molecule has 2 fully saturated rings. The van der Waals surface area contributed by atoms with E-state index in [-0.39, 0.29) is 5.88 Å². The molecular weight excluding hydrogens is 314 g/mol. The summed E-state index contributed by atoms with van der Waals surface area (Å²) in [6.45, 7) is 3.25. The van der Waals surface area contributed by atoms with Gasteiger partial charge in [-0.3, -0.25) is 0 Å². The Balaban J connectivity index is 1.91. The topological polar surface area (TPSA) is 37.4 Å². The Kier molecular flexibility index (Phi) is 4.15. The summed E-state index contributed by atoms with van der Waals surface area (Å²) in [4.78, 5) is 1.25. The molecule has 112 valence electrons. The van der Waals surface area contributed by atoms with E-state index in [1.165, 1.54) is 37.0 Å². The number of rotatable bonds is 7. The van der Waals surface area contributed by atoms with Gasteiger partial charge in [0.1, 0.15) is 4.90 Å². The third kappa shape index (κ3) is 3.06. The number of alkyl halides is 1. The Morgan fingerprint density at radius 3 is 2.25 bits per heavy atom. The maximum Gasteiger partial charge on any atom is 0.244 e. The van der Waals surface area contributed by atoms with Crippen molar-refractivity contribution in [2.45, 2.75) is 43.4 Å². The van der Waals surface area contributed by atoms with Crippen LogP contribution in [0.3, 0.4) is 0 Å². The normalized spacial score (nSPS) is 19.8. The van der Waals surface area contributed by atoms with Crippen molar-refractivity contribution in [1.29, 1.82) is 0 Å². The van der Waals surface area contributed by atoms with Gasteiger partial charge in [-0.1, -0.05) is 0 Å². The molecule has 20 heavy (non-hydrogen) atoms. The zero-order valence-corrected chi connectivity index (χ0v) is 14.0. The SMILES string of the molecule is Cc1csc(CCl)c1S(=O)(=O)N(CC1CC1)CC1CC1. The van der Waals surface area contributed by atoms with E-state index in [2.05, 4.69) is 0 Å². The summed E-state index contributed by atoms with van der Waals surface area (Å²) in [5, 5.41) is 1.90. The first kappa shape index (κ1) is 14.8. The van der Waals surface area contributed by atoms with Crippen molar-refractivity contribution in [3.05, 3.63) is 15.8 Å². The summed E-state index contributed by atoms with van der Waals surface area (Å²) in [6, 6.07) is 0. The van der Waals surface area contributed by atoms with Crippen LogP contribution in [-0.4, -0.2) is 25.8 Å². The third-order valence-electron chi connectivity index (χ3n) is 4.03. The van der Waals surface area contributed by atoms with Crippen molar-refractivity contribution in [3.63, 3.8) is 0 Å². The number of hydrogen-bond donors (Lipinski definition) is 0. The lowest BCUT2D eigenvalue weighted by atomic mass is 10.3. The number of halogens is 1. The maximum absolute atomic E-state index is 13.0. The first-order chi connectivity index (χ1) is 9.52. The zero-order chi connectivity index (χ0) is 14.3. The van der Waals surface area contributed by atoms with Crippen LogP contribution in [0.5, 0.6) is 0 Å². The van der Waals surface area contributed by atoms with Crippen molar-refractivity contribution in [1.82, 2.24) is 4.31 Å². The molecule has 2 aliphatic carbocycles. The minimum Gasteiger partial charge on any atom is -0.207 e. The third-order valence-corrected chi connectivity index (χ3v) is 7.75. The monoisotopic (exact) mass is 333 g/mol. The van der Waals surface area contributed by atoms with E-state index in [1.807, 2.05) is 12.3 Å². The van der Waals surface area contributed by atoms with Crippen molar-refractivity contribution in [3.8, 4) is 0 Å². The fraction of sp³-hybridized carbons (Fsp3) is 0.714. The smallest absolute Gasteiger partial charge is 0.207 e. The second kappa shape index (κ2) is 5.59. The second-order valence-electron chi connectivity index (χ2n) is 6.01. The molecule has 0 amide bonds. The standard InChI is InChI=1S/C14H20ClNO2S2/c1-10-9-19-13(6-15)14(10)20(17,18)16(7-11-2-3-11)8-12-4-5-12/h9,11-12H,2-8H2,1H3. The zero-order valence-electron chi connectivity index (χ0n) is 11.6. The van der Waals surface area contributed by atoms with E-state index >= 15 is 0 Å². The molecule has 0 saturated heterocycles. The first-order valence-electron chi connectivity index (χ1n) is 7.15. The average molecular weight is 334 g/mol. The molecule has 0 aliphatic heterocycles. The van der Waals surface area contributed by atoms with Gasteiger partial charge in [0, 0.05) is 18.0 Å². The van der Waals surface area contributed by atoms with Crippen LogP contribution >= 0.6 is 22.9 Å². The molecule has 6 heteroatoms. The second-order valence-corrected chi connectivity index (χ2v) is 9.12. The predicted octanol–water partition coefficient (Wildman–Crippen LogP) is 3.61. The quantitative estimate of drug-likeness (QED) is 0.715. The van der Waals surface area contributed by atoms with Gasteiger partial charge in [-0.25, -0.2) is 8.42 Å². The summed E-state index contributed by atoms with van der Waals surface area (Å²) >= 11 is 7.37. The first-order valence-corrected chi connectivity index (χ1v) is 10.0. The molecule has 1 aromatic rings. The lowest BCUT2D eigenvalue weighted by molar-refractivity contribution is 0.382. The van der Waals surface area contributed by atoms with Crippen LogP contribution in [0.15, 0.2) is 10.3 Å². The molecule has 3 rings (SSSR count). The maximum atomic E-state index is 13.0. The molecule has 0 aromatic carbocycles. The van der Waals surface area contributed by atoms with Gasteiger partial charge < -0.3 is 0 Å². The Morgan fingerprint density at radius 1 is 1.25 bits per heavy atom. The van der Waals surface area contributed by atoms with Gasteiger partial charge >= 0.3 is 0 Å². The largest absolute Gasteiger partial charge is 0.244 e. The molecule has 0 unspecified atom stereocenters. The lowest BCUT2D eigenvalue weighted by Gasteiger charge is -2.22. The minimum absolute atomic E-state index is 0.272. The Morgan fingerprint density at radius 2 is 1.80 bits per heavy atom. The summed E-state index contributed by atoms with van der Waals surface area (Å²) in [5.74, 6) is 1.41. The van der Waals surface area contributed by atoms with E-state index in [9.17, 15) is 8.42 Å². The molecule has 1 aromatic heterocycles. The highest BCUT2D eigenvalue weighted by atomic mass is 35.5. The molecule has 0 bridgehead atoms. The summed E-state index contributed by atoms with van der Waals surface area (Å²) in [6.07, 6.45) is 4.67. The highest BCUT2D eigenvalue weighted by molar-refractivity contribution is 7.89. The summed E-state index contributed by atoms with van der Waals surface area (Å²) < 4.78 is 27.7. The average Bonchev–Trinajstić information content (AvgIpc) is 3.30. The van der Waals surface area contributed by atoms with Crippen LogP contribution in [0.4, 0.5) is 0 Å². The number of aryl methyl sites for hydroxylation is 1. The fourth-order valence-corrected chi connectivity index (χ4v) is 6.11. The van der Waals surface area contributed by atoms with Crippen LogP contribution in [0, 0.1) is 18.8 Å². The molecule has 3 nitrogen and oxygen atoms in total. The number of thiophene rings is 1. The minimum atomic E-state index is -3.38. The van der Waals surface area contributed by atoms with Crippen LogP contribution < -0.4 is 0 Å². The van der Waals surface area contributed by atoms with Gasteiger partial charge in [0.2, 0.25) is 10.0 Å². The van der Waals surface area contributed by atoms with Crippen LogP contribution in [0.1, 0.15) is 36.1 Å². The highest BCUT2D eigenvalue weighted by Gasteiger charge is 2.37. The molecule has 2 aliphatic rings. The van der Waals surface area contributed by atoms with Crippen LogP contribution in [0.2, 0.25) is 0 Å². The predicted molar refractivity (Wildman–Crippen MR) is 82.8 cm³/mol.